The van der Waals surface area contributed by atoms with Gasteiger partial charge in [-0.3, -0.25) is 0 Å². The smallest absolute Gasteiger partial charge is 0.157 e. The van der Waals surface area contributed by atoms with Gasteiger partial charge in [0, 0.05) is 7.11 Å². The van der Waals surface area contributed by atoms with Gasteiger partial charge in [0.25, 0.3) is 0 Å². The molecular weight excluding hydrogens is 306 g/mol. The Bertz CT molecular complexity index is 341. The molecule has 0 aromatic carbocycles. The summed E-state index contributed by atoms with van der Waals surface area (Å²) in [5.74, 6) is 2.00. The summed E-state index contributed by atoms with van der Waals surface area (Å²) in [4.78, 5) is 0. The fourth-order valence-electron chi connectivity index (χ4n) is 5.16. The largest absolute Gasteiger partial charge is 0.378 e. The SMILES string of the molecule is CCCC(C)CCCC1CCC([C@@H]2CCC(OC)C(F)C2F)CC1. The molecule has 2 saturated carbocycles. The molecule has 0 heterocycles. The van der Waals surface area contributed by atoms with E-state index in [9.17, 15) is 8.78 Å². The minimum atomic E-state index is -1.42. The molecule has 2 aliphatic carbocycles. The number of ether oxygens (including phenoxy) is 1. The van der Waals surface area contributed by atoms with Gasteiger partial charge in [-0.15, -0.1) is 0 Å². The number of rotatable bonds is 8. The molecule has 0 N–H and O–H groups in total. The lowest BCUT2D eigenvalue weighted by Crippen LogP contribution is -2.45. The second-order valence-electron chi connectivity index (χ2n) is 8.51. The second-order valence-corrected chi connectivity index (χ2v) is 8.51. The molecule has 0 radical (unpaired) electrons. The van der Waals surface area contributed by atoms with Gasteiger partial charge in [0.2, 0.25) is 0 Å². The number of hydrogen-bond acceptors (Lipinski definition) is 1. The van der Waals surface area contributed by atoms with Crippen molar-refractivity contribution in [2.24, 2.45) is 23.7 Å². The summed E-state index contributed by atoms with van der Waals surface area (Å²) in [6, 6.07) is 0. The maximum atomic E-state index is 14.5. The van der Waals surface area contributed by atoms with Crippen LogP contribution < -0.4 is 0 Å². The van der Waals surface area contributed by atoms with Gasteiger partial charge in [-0.25, -0.2) is 8.78 Å². The van der Waals surface area contributed by atoms with Crippen LogP contribution in [0.3, 0.4) is 0 Å². The second kappa shape index (κ2) is 10.1. The summed E-state index contributed by atoms with van der Waals surface area (Å²) in [6.45, 7) is 4.63. The number of alkyl halides is 2. The molecule has 4 unspecified atom stereocenters. The van der Waals surface area contributed by atoms with E-state index in [1.807, 2.05) is 0 Å². The molecule has 2 rings (SSSR count). The van der Waals surface area contributed by atoms with E-state index in [0.29, 0.717) is 12.3 Å². The molecule has 0 spiro atoms. The van der Waals surface area contributed by atoms with Gasteiger partial charge in [0.05, 0.1) is 6.10 Å². The van der Waals surface area contributed by atoms with Gasteiger partial charge in [-0.05, 0) is 49.4 Å². The predicted octanol–water partition coefficient (Wildman–Crippen LogP) is 6.50. The van der Waals surface area contributed by atoms with Crippen LogP contribution in [0.5, 0.6) is 0 Å². The maximum Gasteiger partial charge on any atom is 0.157 e. The molecule has 2 aliphatic rings. The van der Waals surface area contributed by atoms with E-state index in [1.54, 1.807) is 0 Å². The summed E-state index contributed by atoms with van der Waals surface area (Å²) in [5, 5.41) is 0. The Labute approximate surface area is 147 Å². The molecular formula is C21H38F2O. The fourth-order valence-corrected chi connectivity index (χ4v) is 5.16. The van der Waals surface area contributed by atoms with E-state index in [0.717, 1.165) is 31.1 Å². The summed E-state index contributed by atoms with van der Waals surface area (Å²) in [6.07, 6.45) is 9.51. The molecule has 0 aromatic heterocycles. The molecule has 3 heteroatoms. The zero-order chi connectivity index (χ0) is 17.5. The Morgan fingerprint density at radius 2 is 1.67 bits per heavy atom. The van der Waals surface area contributed by atoms with Crippen molar-refractivity contribution in [1.82, 2.24) is 0 Å². The Morgan fingerprint density at radius 3 is 2.29 bits per heavy atom. The standard InChI is InChI=1S/C21H38F2O/c1-4-6-15(2)7-5-8-16-9-11-17(12-10-16)18-13-14-19(24-3)21(23)20(18)22/h15-21H,4-14H2,1-3H3/t15?,16?,17?,18-,19?,20?,21?/m0/s1. The van der Waals surface area contributed by atoms with Crippen LogP contribution in [0.15, 0.2) is 0 Å². The Hall–Kier alpha value is -0.180. The van der Waals surface area contributed by atoms with Gasteiger partial charge >= 0.3 is 0 Å². The number of halogens is 2. The minimum absolute atomic E-state index is 0.0723. The third kappa shape index (κ3) is 5.41. The van der Waals surface area contributed by atoms with Crippen LogP contribution in [0.1, 0.15) is 84.5 Å². The van der Waals surface area contributed by atoms with Crippen LogP contribution in [0, 0.1) is 23.7 Å². The average molecular weight is 345 g/mol. The third-order valence-corrected chi connectivity index (χ3v) is 6.74. The molecule has 0 aliphatic heterocycles. The quantitative estimate of drug-likeness (QED) is 0.488. The molecule has 0 amide bonds. The molecule has 1 nitrogen and oxygen atoms in total. The highest BCUT2D eigenvalue weighted by atomic mass is 19.2. The van der Waals surface area contributed by atoms with Crippen molar-refractivity contribution in [3.8, 4) is 0 Å². The van der Waals surface area contributed by atoms with Crippen molar-refractivity contribution >= 4 is 0 Å². The Balaban J connectivity index is 1.69. The topological polar surface area (TPSA) is 9.23 Å². The van der Waals surface area contributed by atoms with Crippen molar-refractivity contribution in [2.45, 2.75) is 103 Å². The zero-order valence-electron chi connectivity index (χ0n) is 16.0. The summed E-state index contributed by atoms with van der Waals surface area (Å²) in [7, 11) is 1.50. The zero-order valence-corrected chi connectivity index (χ0v) is 16.0. The van der Waals surface area contributed by atoms with E-state index in [-0.39, 0.29) is 5.92 Å². The first-order valence-corrected chi connectivity index (χ1v) is 10.4. The summed E-state index contributed by atoms with van der Waals surface area (Å²) in [5.41, 5.74) is 0. The molecule has 0 saturated heterocycles. The van der Waals surface area contributed by atoms with Gasteiger partial charge in [-0.1, -0.05) is 58.8 Å². The van der Waals surface area contributed by atoms with Crippen molar-refractivity contribution < 1.29 is 13.5 Å². The number of hydrogen-bond donors (Lipinski definition) is 0. The summed E-state index contributed by atoms with van der Waals surface area (Å²) < 4.78 is 33.7. The van der Waals surface area contributed by atoms with E-state index in [4.69, 9.17) is 4.74 Å². The van der Waals surface area contributed by atoms with E-state index in [1.165, 1.54) is 52.1 Å². The van der Waals surface area contributed by atoms with E-state index in [2.05, 4.69) is 13.8 Å². The lowest BCUT2D eigenvalue weighted by molar-refractivity contribution is -0.0720. The Kier molecular flexibility index (Phi) is 8.46. The van der Waals surface area contributed by atoms with Gasteiger partial charge in [0.1, 0.15) is 6.17 Å². The molecule has 2 fully saturated rings. The normalized spacial score (nSPS) is 38.9. The summed E-state index contributed by atoms with van der Waals surface area (Å²) >= 11 is 0. The van der Waals surface area contributed by atoms with Gasteiger partial charge in [0.15, 0.2) is 6.17 Å². The van der Waals surface area contributed by atoms with E-state index < -0.39 is 18.4 Å². The average Bonchev–Trinajstić information content (AvgIpc) is 2.58. The lowest BCUT2D eigenvalue weighted by Gasteiger charge is -2.41. The first kappa shape index (κ1) is 20.1. The molecule has 24 heavy (non-hydrogen) atoms. The Morgan fingerprint density at radius 1 is 0.958 bits per heavy atom. The molecule has 0 bridgehead atoms. The van der Waals surface area contributed by atoms with Crippen molar-refractivity contribution in [2.75, 3.05) is 7.11 Å². The molecule has 5 atom stereocenters. The first-order valence-electron chi connectivity index (χ1n) is 10.4. The van der Waals surface area contributed by atoms with Crippen molar-refractivity contribution in [3.05, 3.63) is 0 Å². The van der Waals surface area contributed by atoms with Crippen LogP contribution >= 0.6 is 0 Å². The van der Waals surface area contributed by atoms with Crippen LogP contribution in [-0.2, 0) is 4.74 Å². The first-order chi connectivity index (χ1) is 11.6. The van der Waals surface area contributed by atoms with Crippen LogP contribution in [0.4, 0.5) is 8.78 Å². The van der Waals surface area contributed by atoms with E-state index >= 15 is 0 Å². The molecule has 0 aromatic rings. The third-order valence-electron chi connectivity index (χ3n) is 6.74. The van der Waals surface area contributed by atoms with Crippen molar-refractivity contribution in [3.63, 3.8) is 0 Å². The highest BCUT2D eigenvalue weighted by Crippen LogP contribution is 2.43. The minimum Gasteiger partial charge on any atom is -0.378 e. The van der Waals surface area contributed by atoms with Crippen LogP contribution in [0.2, 0.25) is 0 Å². The maximum absolute atomic E-state index is 14.5. The predicted molar refractivity (Wildman–Crippen MR) is 96.7 cm³/mol. The monoisotopic (exact) mass is 344 g/mol. The highest BCUT2D eigenvalue weighted by Gasteiger charge is 2.44. The lowest BCUT2D eigenvalue weighted by atomic mass is 9.68. The fraction of sp³-hybridized carbons (Fsp3) is 1.00. The molecule has 142 valence electrons. The van der Waals surface area contributed by atoms with Gasteiger partial charge in [-0.2, -0.15) is 0 Å². The van der Waals surface area contributed by atoms with Crippen LogP contribution in [0.25, 0.3) is 0 Å². The highest BCUT2D eigenvalue weighted by molar-refractivity contribution is 4.93. The van der Waals surface area contributed by atoms with Gasteiger partial charge < -0.3 is 4.74 Å². The van der Waals surface area contributed by atoms with Crippen LogP contribution in [-0.4, -0.2) is 25.6 Å². The number of methoxy groups -OCH3 is 1. The van der Waals surface area contributed by atoms with Crippen molar-refractivity contribution in [1.29, 1.82) is 0 Å².